The second-order valence-electron chi connectivity index (χ2n) is 3.64. The molecule has 14 heteroatoms. The first kappa shape index (κ1) is 31.5. The van der Waals surface area contributed by atoms with Crippen molar-refractivity contribution in [2.75, 3.05) is 0 Å². The largest absolute Gasteiger partial charge is 4.00 e. The first-order valence-electron chi connectivity index (χ1n) is 5.34. The molecule has 0 saturated carbocycles. The average molecular weight is 495 g/mol. The third-order valence-corrected chi connectivity index (χ3v) is 2.03. The average Bonchev–Trinajstić information content (AvgIpc) is 2.37. The van der Waals surface area contributed by atoms with E-state index in [9.17, 15) is 40.2 Å². The molecule has 0 aliphatic carbocycles. The number of aromatic carboxylic acids is 2. The van der Waals surface area contributed by atoms with Crippen molar-refractivity contribution in [1.29, 1.82) is 0 Å². The molecule has 2 aromatic rings. The number of aromatic nitrogens is 2. The van der Waals surface area contributed by atoms with Gasteiger partial charge in [0.15, 0.2) is 0 Å². The van der Waals surface area contributed by atoms with E-state index in [-0.39, 0.29) is 54.2 Å². The van der Waals surface area contributed by atoms with Crippen LogP contribution in [0, 0.1) is 0 Å². The summed E-state index contributed by atoms with van der Waals surface area (Å²) >= 11 is 0. The van der Waals surface area contributed by atoms with E-state index in [4.69, 9.17) is 0 Å². The molecule has 0 amide bonds. The van der Waals surface area contributed by atoms with E-state index in [1.165, 1.54) is 0 Å². The van der Waals surface area contributed by atoms with Gasteiger partial charge in [-0.05, 0) is 58.9 Å². The molecule has 4 N–H and O–H groups in total. The van der Waals surface area contributed by atoms with Gasteiger partial charge in [0.05, 0.1) is 11.9 Å². The fraction of sp³-hybridized carbons (Fsp3) is 0. The van der Waals surface area contributed by atoms with E-state index in [2.05, 4.69) is 9.97 Å². The smallest absolute Gasteiger partial charge is 0.859 e. The van der Waals surface area contributed by atoms with Gasteiger partial charge in [-0.1, -0.05) is 0 Å². The molecule has 26 heavy (non-hydrogen) atoms. The van der Waals surface area contributed by atoms with Gasteiger partial charge in [-0.3, -0.25) is 9.97 Å². The molecule has 2 aromatic heterocycles. The first-order valence-corrected chi connectivity index (χ1v) is 5.34. The van der Waals surface area contributed by atoms with Crippen LogP contribution in [0.5, 0.6) is 23.5 Å². The predicted molar refractivity (Wildman–Crippen MR) is 62.1 cm³/mol. The number of nitrogens with zero attached hydrogens (tertiary/aromatic N) is 2. The van der Waals surface area contributed by atoms with E-state index in [0.717, 1.165) is 24.3 Å². The van der Waals surface area contributed by atoms with Crippen LogP contribution in [0.2, 0.25) is 0 Å². The summed E-state index contributed by atoms with van der Waals surface area (Å²) in [7, 11) is 0. The number of hydrogen-bond acceptors (Lipinski definition) is 10. The van der Waals surface area contributed by atoms with Crippen LogP contribution >= 0.6 is 0 Å². The summed E-state index contributed by atoms with van der Waals surface area (Å²) in [5.74, 6) is -6.56. The maximum absolute atomic E-state index is 10.4. The monoisotopic (exact) mass is 493 g/mol. The summed E-state index contributed by atoms with van der Waals surface area (Å²) in [5, 5.41) is 61.8. The standard InChI is InChI=1S/2C6H5NO4.Cu.2H2O.Zr/c2*8-4-1-3(6(10)11)2-5(9)7-4;;;;/h2*1-2H,(H,10,11)(H2,7,8,9);;2*1H2;/q;;+2;;;+4/p-6. The van der Waals surface area contributed by atoms with E-state index >= 15 is 0 Å². The Kier molecular flexibility index (Phi) is 17.0. The van der Waals surface area contributed by atoms with Gasteiger partial charge in [0.25, 0.3) is 0 Å². The fourth-order valence-electron chi connectivity index (χ4n) is 1.20. The van der Waals surface area contributed by atoms with Crippen LogP contribution in [-0.4, -0.2) is 32.9 Å². The number of carbonyl (C=O) groups excluding carboxylic acids is 2. The second-order valence-corrected chi connectivity index (χ2v) is 3.64. The molecule has 0 spiro atoms. The Hall–Kier alpha value is -2.24. The summed E-state index contributed by atoms with van der Waals surface area (Å²) in [6, 6.07) is 2.93. The molecule has 0 atom stereocenters. The van der Waals surface area contributed by atoms with Crippen molar-refractivity contribution in [3.8, 4) is 23.5 Å². The van der Waals surface area contributed by atoms with Crippen molar-refractivity contribution in [2.24, 2.45) is 0 Å². The van der Waals surface area contributed by atoms with Crippen molar-refractivity contribution < 1.29 is 94.5 Å². The Morgan fingerprint density at radius 2 is 0.846 bits per heavy atom. The molecule has 0 aliphatic rings. The molecule has 2 heterocycles. The van der Waals surface area contributed by atoms with E-state index in [1.807, 2.05) is 0 Å². The quantitative estimate of drug-likeness (QED) is 0.356. The molecule has 0 saturated heterocycles. The molecular weight excluding hydrogens is 487 g/mol. The van der Waals surface area contributed by atoms with Gasteiger partial charge in [-0.2, -0.15) is 0 Å². The minimum absolute atomic E-state index is 0. The normalized spacial score (nSPS) is 8.00. The summed E-state index contributed by atoms with van der Waals surface area (Å²) in [5.41, 5.74) is -0.870. The van der Waals surface area contributed by atoms with Crippen LogP contribution < -0.4 is 30.6 Å². The van der Waals surface area contributed by atoms with Gasteiger partial charge in [0, 0.05) is 0 Å². The summed E-state index contributed by atoms with van der Waals surface area (Å²) < 4.78 is 0. The van der Waals surface area contributed by atoms with Crippen LogP contribution in [0.25, 0.3) is 0 Å². The van der Waals surface area contributed by atoms with E-state index in [1.54, 1.807) is 0 Å². The Bertz CT molecular complexity index is 629. The zero-order valence-corrected chi connectivity index (χ0v) is 15.7. The van der Waals surface area contributed by atoms with Crippen molar-refractivity contribution in [3.05, 3.63) is 35.4 Å². The summed E-state index contributed by atoms with van der Waals surface area (Å²) in [6.45, 7) is 0. The van der Waals surface area contributed by atoms with Crippen LogP contribution in [-0.2, 0) is 43.3 Å². The van der Waals surface area contributed by atoms with Gasteiger partial charge in [-0.15, -0.1) is 0 Å². The Morgan fingerprint density at radius 1 is 0.654 bits per heavy atom. The maximum Gasteiger partial charge on any atom is 4.00 e. The molecule has 2 rings (SSSR count). The Labute approximate surface area is 175 Å². The third-order valence-electron chi connectivity index (χ3n) is 2.03. The molecule has 12 nitrogen and oxygen atoms in total. The number of carboxylic acid groups (broad SMARTS) is 2. The number of pyridine rings is 2. The Morgan fingerprint density at radius 3 is 1.00 bits per heavy atom. The Balaban J connectivity index is -0.000000161. The molecular formula is C12H8CuN2O10Zr. The number of hydrogen-bond donors (Lipinski definition) is 0. The van der Waals surface area contributed by atoms with Crippen molar-refractivity contribution in [1.82, 2.24) is 9.97 Å². The number of rotatable bonds is 2. The van der Waals surface area contributed by atoms with Crippen molar-refractivity contribution in [2.45, 2.75) is 0 Å². The molecule has 0 aromatic carbocycles. The topological polar surface area (TPSA) is 261 Å². The molecule has 0 fully saturated rings. The molecule has 1 radical (unpaired) electrons. The van der Waals surface area contributed by atoms with Crippen molar-refractivity contribution >= 4 is 11.9 Å². The zero-order chi connectivity index (χ0) is 16.9. The summed E-state index contributed by atoms with van der Waals surface area (Å²) in [6.07, 6.45) is 0. The third kappa shape index (κ3) is 10.6. The fourth-order valence-corrected chi connectivity index (χ4v) is 1.20. The van der Waals surface area contributed by atoms with E-state index in [0.29, 0.717) is 0 Å². The second kappa shape index (κ2) is 14.0. The van der Waals surface area contributed by atoms with Gasteiger partial charge in [0.1, 0.15) is 0 Å². The van der Waals surface area contributed by atoms with Crippen LogP contribution in [0.3, 0.4) is 0 Å². The van der Waals surface area contributed by atoms with Gasteiger partial charge >= 0.3 is 43.3 Å². The van der Waals surface area contributed by atoms with Crippen LogP contribution in [0.1, 0.15) is 20.7 Å². The zero-order valence-electron chi connectivity index (χ0n) is 12.3. The molecule has 0 bridgehead atoms. The van der Waals surface area contributed by atoms with Gasteiger partial charge < -0.3 is 51.2 Å². The van der Waals surface area contributed by atoms with Gasteiger partial charge in [-0.25, -0.2) is 0 Å². The summed E-state index contributed by atoms with van der Waals surface area (Å²) in [4.78, 5) is 26.0. The van der Waals surface area contributed by atoms with Crippen LogP contribution in [0.15, 0.2) is 24.3 Å². The predicted octanol–water partition coefficient (Wildman–Crippen LogP) is -6.47. The van der Waals surface area contributed by atoms with Gasteiger partial charge in [0.2, 0.25) is 0 Å². The maximum atomic E-state index is 10.4. The number of carboxylic acids is 2. The SMILES string of the molecule is O.O.O=C([O-])c1cc([O-])nc([O-])c1.O=C([O-])c1cc([O-])nc([O-])c1.[Cu+2].[Zr+4]. The van der Waals surface area contributed by atoms with Crippen molar-refractivity contribution in [3.63, 3.8) is 0 Å². The van der Waals surface area contributed by atoms with E-state index < -0.39 is 46.6 Å². The number of carbonyl (C=O) groups is 2. The van der Waals surface area contributed by atoms with Crippen LogP contribution in [0.4, 0.5) is 0 Å². The molecule has 141 valence electrons. The minimum Gasteiger partial charge on any atom is -0.859 e. The minimum atomic E-state index is -1.55. The first-order chi connectivity index (χ1) is 10.2. The molecule has 0 aliphatic heterocycles. The molecule has 0 unspecified atom stereocenters.